The maximum Gasteiger partial charge on any atom is 0.251 e. The molecule has 2 fully saturated rings. The average Bonchev–Trinajstić information content (AvgIpc) is 3.09. The molecule has 148 valence electrons. The summed E-state index contributed by atoms with van der Waals surface area (Å²) in [7, 11) is 0. The Bertz CT molecular complexity index is 707. The van der Waals surface area contributed by atoms with Crippen molar-refractivity contribution in [2.75, 3.05) is 13.1 Å². The number of hydrogen-bond donors (Lipinski definition) is 2. The number of likely N-dealkylation sites (tertiary alicyclic amines) is 1. The molecule has 27 heavy (non-hydrogen) atoms. The topological polar surface area (TPSA) is 75.4 Å². The maximum atomic E-state index is 13.3. The molecule has 8 heteroatoms. The summed E-state index contributed by atoms with van der Waals surface area (Å²) in [5.41, 5.74) is 6.17. The largest absolute Gasteiger partial charge is 0.349 e. The molecule has 1 aromatic carbocycles. The molecule has 2 aliphatic rings. The number of benzene rings is 1. The highest BCUT2D eigenvalue weighted by Gasteiger charge is 2.35. The van der Waals surface area contributed by atoms with Gasteiger partial charge in [-0.3, -0.25) is 9.59 Å². The summed E-state index contributed by atoms with van der Waals surface area (Å²) in [6.07, 6.45) is 2.02. The van der Waals surface area contributed by atoms with Crippen LogP contribution in [0.15, 0.2) is 18.2 Å². The van der Waals surface area contributed by atoms with E-state index < -0.39 is 29.8 Å². The molecule has 0 radical (unpaired) electrons. The third kappa shape index (κ3) is 4.61. The maximum absolute atomic E-state index is 13.3. The van der Waals surface area contributed by atoms with E-state index in [1.165, 1.54) is 11.0 Å². The standard InChI is InChI=1S/C19H24F3N3O2/c20-13-7-8-25(10-13)19(27)17(23)11-1-4-14(5-2-11)24-18(26)12-3-6-15(21)16(22)9-12/h3,6,9,11,13-14,17H,1-2,4-5,7-8,10,23H2,(H,24,26)/t11?,13-,14?,17-/m0/s1. The molecule has 2 amide bonds. The molecular weight excluding hydrogens is 359 g/mol. The first-order valence-electron chi connectivity index (χ1n) is 9.29. The lowest BCUT2D eigenvalue weighted by atomic mass is 9.81. The number of nitrogens with zero attached hydrogens (tertiary/aromatic N) is 1. The molecule has 1 heterocycles. The fraction of sp³-hybridized carbons (Fsp3) is 0.579. The second-order valence-corrected chi connectivity index (χ2v) is 7.41. The van der Waals surface area contributed by atoms with Crippen LogP contribution in [0.25, 0.3) is 0 Å². The van der Waals surface area contributed by atoms with Gasteiger partial charge in [0.1, 0.15) is 6.17 Å². The van der Waals surface area contributed by atoms with Crippen molar-refractivity contribution in [3.63, 3.8) is 0 Å². The highest BCUT2D eigenvalue weighted by Crippen LogP contribution is 2.28. The number of rotatable bonds is 4. The Hall–Kier alpha value is -2.09. The van der Waals surface area contributed by atoms with Gasteiger partial charge in [-0.05, 0) is 56.2 Å². The monoisotopic (exact) mass is 383 g/mol. The minimum atomic E-state index is -1.06. The van der Waals surface area contributed by atoms with Crippen LogP contribution < -0.4 is 11.1 Å². The van der Waals surface area contributed by atoms with E-state index in [2.05, 4.69) is 5.32 Å². The van der Waals surface area contributed by atoms with Crippen molar-refractivity contribution < 1.29 is 22.8 Å². The van der Waals surface area contributed by atoms with Crippen LogP contribution in [0, 0.1) is 17.6 Å². The lowest BCUT2D eigenvalue weighted by Crippen LogP contribution is -2.49. The van der Waals surface area contributed by atoms with E-state index in [1.807, 2.05) is 0 Å². The SMILES string of the molecule is N[C@H](C(=O)N1CC[C@H](F)C1)C1CCC(NC(=O)c2ccc(F)c(F)c2)CC1. The number of nitrogens with one attached hydrogen (secondary N) is 1. The van der Waals surface area contributed by atoms with Crippen molar-refractivity contribution in [3.8, 4) is 0 Å². The van der Waals surface area contributed by atoms with Crippen molar-refractivity contribution in [3.05, 3.63) is 35.4 Å². The number of hydrogen-bond acceptors (Lipinski definition) is 3. The van der Waals surface area contributed by atoms with Crippen molar-refractivity contribution in [2.24, 2.45) is 11.7 Å². The van der Waals surface area contributed by atoms with Crippen molar-refractivity contribution in [2.45, 2.75) is 50.4 Å². The van der Waals surface area contributed by atoms with Gasteiger partial charge in [0.25, 0.3) is 5.91 Å². The van der Waals surface area contributed by atoms with E-state index in [0.29, 0.717) is 38.6 Å². The Balaban J connectivity index is 1.49. The van der Waals surface area contributed by atoms with Crippen molar-refractivity contribution in [1.29, 1.82) is 0 Å². The highest BCUT2D eigenvalue weighted by atomic mass is 19.2. The molecule has 0 aromatic heterocycles. The third-order valence-corrected chi connectivity index (χ3v) is 5.52. The van der Waals surface area contributed by atoms with Crippen LogP contribution in [-0.2, 0) is 4.79 Å². The quantitative estimate of drug-likeness (QED) is 0.837. The Morgan fingerprint density at radius 1 is 1.11 bits per heavy atom. The predicted octanol–water partition coefficient (Wildman–Crippen LogP) is 2.15. The van der Waals surface area contributed by atoms with Crippen LogP contribution in [0.5, 0.6) is 0 Å². The zero-order valence-corrected chi connectivity index (χ0v) is 15.0. The summed E-state index contributed by atoms with van der Waals surface area (Å²) >= 11 is 0. The van der Waals surface area contributed by atoms with Gasteiger partial charge in [-0.15, -0.1) is 0 Å². The van der Waals surface area contributed by atoms with Gasteiger partial charge in [0.2, 0.25) is 5.91 Å². The molecule has 3 N–H and O–H groups in total. The Labute approximate surface area is 156 Å². The molecule has 0 spiro atoms. The van der Waals surface area contributed by atoms with E-state index >= 15 is 0 Å². The Morgan fingerprint density at radius 2 is 1.81 bits per heavy atom. The number of nitrogens with two attached hydrogens (primary N) is 1. The first kappa shape index (κ1) is 19.7. The fourth-order valence-corrected chi connectivity index (χ4v) is 3.86. The van der Waals surface area contributed by atoms with Gasteiger partial charge in [-0.25, -0.2) is 13.2 Å². The highest BCUT2D eigenvalue weighted by molar-refractivity contribution is 5.94. The molecule has 5 nitrogen and oxygen atoms in total. The second-order valence-electron chi connectivity index (χ2n) is 7.41. The number of carbonyl (C=O) groups excluding carboxylic acids is 2. The zero-order valence-electron chi connectivity index (χ0n) is 15.0. The molecule has 1 aliphatic heterocycles. The molecule has 2 atom stereocenters. The number of amides is 2. The molecule has 3 rings (SSSR count). The van der Waals surface area contributed by atoms with Gasteiger partial charge < -0.3 is 16.0 Å². The number of halogens is 3. The van der Waals surface area contributed by atoms with Gasteiger partial charge in [-0.1, -0.05) is 0 Å². The van der Waals surface area contributed by atoms with Gasteiger partial charge >= 0.3 is 0 Å². The lowest BCUT2D eigenvalue weighted by Gasteiger charge is -2.33. The smallest absolute Gasteiger partial charge is 0.251 e. The van der Waals surface area contributed by atoms with Crippen LogP contribution >= 0.6 is 0 Å². The molecule has 1 saturated heterocycles. The molecular formula is C19H24F3N3O2. The minimum absolute atomic E-state index is 0.00687. The summed E-state index contributed by atoms with van der Waals surface area (Å²) < 4.78 is 39.5. The molecule has 0 unspecified atom stereocenters. The van der Waals surface area contributed by atoms with Crippen molar-refractivity contribution in [1.82, 2.24) is 10.2 Å². The lowest BCUT2D eigenvalue weighted by molar-refractivity contribution is -0.133. The Kier molecular flexibility index (Phi) is 6.04. The minimum Gasteiger partial charge on any atom is -0.349 e. The molecule has 1 aliphatic carbocycles. The summed E-state index contributed by atoms with van der Waals surface area (Å²) in [5.74, 6) is -2.73. The van der Waals surface area contributed by atoms with Crippen LogP contribution in [0.2, 0.25) is 0 Å². The molecule has 0 bridgehead atoms. The Morgan fingerprint density at radius 3 is 2.41 bits per heavy atom. The average molecular weight is 383 g/mol. The predicted molar refractivity (Wildman–Crippen MR) is 93.6 cm³/mol. The first-order valence-corrected chi connectivity index (χ1v) is 9.29. The van der Waals surface area contributed by atoms with E-state index in [1.54, 1.807) is 0 Å². The summed E-state index contributed by atoms with van der Waals surface area (Å²) in [4.78, 5) is 26.1. The molecule has 1 aromatic rings. The number of carbonyl (C=O) groups is 2. The zero-order chi connectivity index (χ0) is 19.6. The van der Waals surface area contributed by atoms with Crippen LogP contribution in [0.4, 0.5) is 13.2 Å². The third-order valence-electron chi connectivity index (χ3n) is 5.52. The second kappa shape index (κ2) is 8.29. The summed E-state index contributed by atoms with van der Waals surface area (Å²) in [6, 6.07) is 2.28. The number of alkyl halides is 1. The normalized spacial score (nSPS) is 26.7. The summed E-state index contributed by atoms with van der Waals surface area (Å²) in [6.45, 7) is 0.527. The van der Waals surface area contributed by atoms with E-state index in [0.717, 1.165) is 12.1 Å². The van der Waals surface area contributed by atoms with Gasteiger partial charge in [-0.2, -0.15) is 0 Å². The van der Waals surface area contributed by atoms with E-state index in [4.69, 9.17) is 5.73 Å². The fourth-order valence-electron chi connectivity index (χ4n) is 3.86. The first-order chi connectivity index (χ1) is 12.8. The van der Waals surface area contributed by atoms with Crippen molar-refractivity contribution >= 4 is 11.8 Å². The summed E-state index contributed by atoms with van der Waals surface area (Å²) in [5, 5.41) is 2.82. The van der Waals surface area contributed by atoms with Gasteiger partial charge in [0.05, 0.1) is 12.6 Å². The van der Waals surface area contributed by atoms with E-state index in [9.17, 15) is 22.8 Å². The van der Waals surface area contributed by atoms with Gasteiger partial charge in [0, 0.05) is 18.2 Å². The van der Waals surface area contributed by atoms with E-state index in [-0.39, 0.29) is 30.0 Å². The van der Waals surface area contributed by atoms with Crippen LogP contribution in [0.3, 0.4) is 0 Å². The molecule has 1 saturated carbocycles. The van der Waals surface area contributed by atoms with Crippen LogP contribution in [-0.4, -0.2) is 48.1 Å². The van der Waals surface area contributed by atoms with Crippen LogP contribution in [0.1, 0.15) is 42.5 Å². The van der Waals surface area contributed by atoms with Gasteiger partial charge in [0.15, 0.2) is 11.6 Å².